The number of thioether (sulfide) groups is 1. The first kappa shape index (κ1) is 17.6. The molecule has 4 rings (SSSR count). The molecule has 0 fully saturated rings. The van der Waals surface area contributed by atoms with Crippen LogP contribution in [0.3, 0.4) is 0 Å². The molecule has 1 aromatic carbocycles. The summed E-state index contributed by atoms with van der Waals surface area (Å²) in [6.07, 6.45) is 6.75. The van der Waals surface area contributed by atoms with Gasteiger partial charge in [0.05, 0.1) is 6.04 Å². The minimum atomic E-state index is -0.177. The minimum Gasteiger partial charge on any atom is -0.344 e. The van der Waals surface area contributed by atoms with Crippen LogP contribution in [0.4, 0.5) is 0 Å². The van der Waals surface area contributed by atoms with Crippen LogP contribution in [0, 0.1) is 0 Å². The van der Waals surface area contributed by atoms with Crippen LogP contribution < -0.4 is 5.32 Å². The summed E-state index contributed by atoms with van der Waals surface area (Å²) in [5.41, 5.74) is 1.84. The molecule has 0 spiro atoms. The lowest BCUT2D eigenvalue weighted by molar-refractivity contribution is -0.122. The minimum absolute atomic E-state index is 0.0323. The van der Waals surface area contributed by atoms with Gasteiger partial charge in [0.1, 0.15) is 6.54 Å². The largest absolute Gasteiger partial charge is 0.344 e. The molecule has 7 heteroatoms. The summed E-state index contributed by atoms with van der Waals surface area (Å²) in [6.45, 7) is 0.278. The third-order valence-electron chi connectivity index (χ3n) is 4.59. The molecule has 1 N–H and O–H groups in total. The van der Waals surface area contributed by atoms with Gasteiger partial charge in [-0.05, 0) is 48.1 Å². The van der Waals surface area contributed by atoms with Crippen LogP contribution in [0.15, 0.2) is 60.9 Å². The maximum Gasteiger partial charge on any atom is 0.240 e. The molecule has 1 amide bonds. The smallest absolute Gasteiger partial charge is 0.240 e. The van der Waals surface area contributed by atoms with Crippen LogP contribution in [-0.4, -0.2) is 37.1 Å². The maximum atomic E-state index is 12.8. The Morgan fingerprint density at radius 3 is 2.85 bits per heavy atom. The van der Waals surface area contributed by atoms with Crippen molar-refractivity contribution in [2.24, 2.45) is 0 Å². The van der Waals surface area contributed by atoms with Gasteiger partial charge in [-0.2, -0.15) is 11.8 Å². The molecule has 0 bridgehead atoms. The van der Waals surface area contributed by atoms with Gasteiger partial charge < -0.3 is 9.88 Å². The van der Waals surface area contributed by atoms with Gasteiger partial charge >= 0.3 is 0 Å². The summed E-state index contributed by atoms with van der Waals surface area (Å²) >= 11 is 1.75. The van der Waals surface area contributed by atoms with Crippen molar-refractivity contribution >= 4 is 34.2 Å². The Hall–Kier alpha value is -2.80. The van der Waals surface area contributed by atoms with Crippen molar-refractivity contribution in [2.45, 2.75) is 19.0 Å². The second kappa shape index (κ2) is 7.84. The number of fused-ring (bicyclic) bond motifs is 2. The van der Waals surface area contributed by atoms with Crippen LogP contribution in [0.1, 0.15) is 18.3 Å². The predicted molar refractivity (Wildman–Crippen MR) is 109 cm³/mol. The van der Waals surface area contributed by atoms with Crippen molar-refractivity contribution < 1.29 is 4.79 Å². The SMILES string of the molecule is CSCCC(NC(=O)Cn1ccc2ccccc21)c1nnc2ccccn12. The van der Waals surface area contributed by atoms with Gasteiger partial charge in [0.2, 0.25) is 5.91 Å². The number of nitrogens with zero attached hydrogens (tertiary/aromatic N) is 4. The molecule has 0 saturated carbocycles. The number of para-hydroxylation sites is 1. The number of aromatic nitrogens is 4. The van der Waals surface area contributed by atoms with E-state index in [4.69, 9.17) is 0 Å². The number of hydrogen-bond donors (Lipinski definition) is 1. The van der Waals surface area contributed by atoms with Gasteiger partial charge in [-0.3, -0.25) is 9.20 Å². The van der Waals surface area contributed by atoms with Crippen molar-refractivity contribution in [3.05, 3.63) is 66.7 Å². The summed E-state index contributed by atoms with van der Waals surface area (Å²) in [5.74, 6) is 1.67. The summed E-state index contributed by atoms with van der Waals surface area (Å²) in [6, 6.07) is 15.7. The Labute approximate surface area is 161 Å². The average molecular weight is 379 g/mol. The fourth-order valence-electron chi connectivity index (χ4n) is 3.27. The molecule has 0 aliphatic carbocycles. The summed E-state index contributed by atoms with van der Waals surface area (Å²) in [5, 5.41) is 12.8. The van der Waals surface area contributed by atoms with Gasteiger partial charge in [-0.15, -0.1) is 10.2 Å². The number of benzene rings is 1. The molecular formula is C20H21N5OS. The summed E-state index contributed by atoms with van der Waals surface area (Å²) in [7, 11) is 0. The van der Waals surface area contributed by atoms with Gasteiger partial charge in [-0.1, -0.05) is 24.3 Å². The maximum absolute atomic E-state index is 12.8. The predicted octanol–water partition coefficient (Wildman–Crippen LogP) is 3.29. The first-order chi connectivity index (χ1) is 13.3. The molecule has 3 aromatic heterocycles. The van der Waals surface area contributed by atoms with E-state index in [1.165, 1.54) is 0 Å². The van der Waals surface area contributed by atoms with Crippen LogP contribution in [-0.2, 0) is 11.3 Å². The van der Waals surface area contributed by atoms with Gasteiger partial charge in [-0.25, -0.2) is 0 Å². The summed E-state index contributed by atoms with van der Waals surface area (Å²) < 4.78 is 3.91. The van der Waals surface area contributed by atoms with Gasteiger partial charge in [0, 0.05) is 17.9 Å². The number of carbonyl (C=O) groups excluding carboxylic acids is 1. The number of pyridine rings is 1. The average Bonchev–Trinajstić information content (AvgIpc) is 3.30. The van der Waals surface area contributed by atoms with E-state index < -0.39 is 0 Å². The second-order valence-corrected chi connectivity index (χ2v) is 7.38. The molecule has 27 heavy (non-hydrogen) atoms. The fourth-order valence-corrected chi connectivity index (χ4v) is 3.74. The van der Waals surface area contributed by atoms with Crippen LogP contribution >= 0.6 is 11.8 Å². The number of nitrogens with one attached hydrogen (secondary N) is 1. The first-order valence-corrected chi connectivity index (χ1v) is 10.3. The molecular weight excluding hydrogens is 358 g/mol. The van der Waals surface area contributed by atoms with E-state index in [0.717, 1.165) is 34.5 Å². The third kappa shape index (κ3) is 3.68. The Morgan fingerprint density at radius 2 is 1.96 bits per heavy atom. The highest BCUT2D eigenvalue weighted by molar-refractivity contribution is 7.98. The van der Waals surface area contributed by atoms with Crippen LogP contribution in [0.25, 0.3) is 16.6 Å². The second-order valence-electron chi connectivity index (χ2n) is 6.39. The zero-order chi connectivity index (χ0) is 18.6. The number of rotatable bonds is 7. The molecule has 1 unspecified atom stereocenters. The quantitative estimate of drug-likeness (QED) is 0.535. The third-order valence-corrected chi connectivity index (χ3v) is 5.24. The Kier molecular flexibility index (Phi) is 5.11. The zero-order valence-electron chi connectivity index (χ0n) is 15.1. The van der Waals surface area contributed by atoms with Crippen molar-refractivity contribution in [2.75, 3.05) is 12.0 Å². The topological polar surface area (TPSA) is 64.2 Å². The van der Waals surface area contributed by atoms with E-state index in [9.17, 15) is 4.79 Å². The molecule has 6 nitrogen and oxygen atoms in total. The molecule has 0 radical (unpaired) electrons. The highest BCUT2D eigenvalue weighted by Crippen LogP contribution is 2.19. The van der Waals surface area contributed by atoms with Crippen molar-refractivity contribution in [3.8, 4) is 0 Å². The number of carbonyl (C=O) groups is 1. The van der Waals surface area contributed by atoms with Crippen LogP contribution in [0.2, 0.25) is 0 Å². The molecule has 4 aromatic rings. The zero-order valence-corrected chi connectivity index (χ0v) is 15.9. The first-order valence-electron chi connectivity index (χ1n) is 8.88. The molecule has 1 atom stereocenters. The molecule has 0 aliphatic rings. The summed E-state index contributed by atoms with van der Waals surface area (Å²) in [4.78, 5) is 12.8. The lowest BCUT2D eigenvalue weighted by Crippen LogP contribution is -2.33. The van der Waals surface area contributed by atoms with E-state index in [2.05, 4.69) is 21.8 Å². The molecule has 0 aliphatic heterocycles. The van der Waals surface area contributed by atoms with Crippen molar-refractivity contribution in [3.63, 3.8) is 0 Å². The number of hydrogen-bond acceptors (Lipinski definition) is 4. The lowest BCUT2D eigenvalue weighted by atomic mass is 10.2. The molecule has 0 saturated heterocycles. The van der Waals surface area contributed by atoms with Gasteiger partial charge in [0.15, 0.2) is 11.5 Å². The van der Waals surface area contributed by atoms with Crippen molar-refractivity contribution in [1.29, 1.82) is 0 Å². The Bertz CT molecular complexity index is 1070. The molecule has 3 heterocycles. The van der Waals surface area contributed by atoms with Gasteiger partial charge in [0.25, 0.3) is 0 Å². The Morgan fingerprint density at radius 1 is 1.11 bits per heavy atom. The van der Waals surface area contributed by atoms with E-state index in [0.29, 0.717) is 0 Å². The Balaban J connectivity index is 1.55. The highest BCUT2D eigenvalue weighted by atomic mass is 32.2. The standard InChI is InChI=1S/C20H21N5OS/c1-27-13-10-16(20-23-22-18-8-4-5-11-25(18)20)21-19(26)14-24-12-9-15-6-2-3-7-17(15)24/h2-9,11-12,16H,10,13-14H2,1H3,(H,21,26). The fraction of sp³-hybridized carbons (Fsp3) is 0.250. The van der Waals surface area contributed by atoms with Crippen LogP contribution in [0.5, 0.6) is 0 Å². The molecule has 138 valence electrons. The lowest BCUT2D eigenvalue weighted by Gasteiger charge is -2.17. The van der Waals surface area contributed by atoms with E-state index in [1.54, 1.807) is 11.8 Å². The highest BCUT2D eigenvalue weighted by Gasteiger charge is 2.20. The van der Waals surface area contributed by atoms with E-state index >= 15 is 0 Å². The normalized spacial score (nSPS) is 12.5. The monoisotopic (exact) mass is 379 g/mol. The van der Waals surface area contributed by atoms with E-state index in [-0.39, 0.29) is 18.5 Å². The van der Waals surface area contributed by atoms with Crippen molar-refractivity contribution in [1.82, 2.24) is 24.5 Å². The van der Waals surface area contributed by atoms with E-state index in [1.807, 2.05) is 69.9 Å². The number of amides is 1.